The summed E-state index contributed by atoms with van der Waals surface area (Å²) in [6.45, 7) is 13.6. The SMILES string of the molecule is CC(C)(C)c1ccc([I+]c2ccc(C(C)(C)C)cc2)cc1.O=S(=O)([O-])C(F)(F)C(F)(F)C(F)(F)C(F)(F)F.O=S(=O)([O-])C(F)(F)C(F)(F)C(F)(F)C(F)(F)F.O=S(=O)([O-])C(F)(F)C(F)(F)C(F)(F)C(F)(F)F.[Fe+2]. The normalized spacial score (nSPS) is 14.8. The zero-order valence-electron chi connectivity index (χ0n) is 35.5. The molecule has 0 saturated carbocycles. The summed E-state index contributed by atoms with van der Waals surface area (Å²) in [5, 5.41) is -21.3. The first-order valence-corrected chi connectivity index (χ1v) is 23.4. The van der Waals surface area contributed by atoms with E-state index in [-0.39, 0.29) is 49.1 Å². The fourth-order valence-corrected chi connectivity index (χ4v) is 7.19. The molecule has 41 heteroatoms. The smallest absolute Gasteiger partial charge is 0.743 e. The number of alkyl halides is 27. The molecule has 430 valence electrons. The molecule has 0 atom stereocenters. The van der Waals surface area contributed by atoms with Crippen molar-refractivity contribution in [2.75, 3.05) is 0 Å². The molecule has 2 rings (SSSR count). The Morgan fingerprint density at radius 2 is 0.466 bits per heavy atom. The van der Waals surface area contributed by atoms with Crippen molar-refractivity contribution in [3.05, 3.63) is 66.8 Å². The van der Waals surface area contributed by atoms with E-state index in [9.17, 15) is 157 Å². The van der Waals surface area contributed by atoms with Crippen LogP contribution in [0.1, 0.15) is 52.7 Å². The van der Waals surface area contributed by atoms with Gasteiger partial charge in [0, 0.05) is 0 Å². The summed E-state index contributed by atoms with van der Waals surface area (Å²) in [6, 6.07) is 18.4. The maximum absolute atomic E-state index is 12.2. The van der Waals surface area contributed by atoms with Crippen molar-refractivity contribution in [2.45, 2.75) is 122 Å². The molecule has 0 spiro atoms. The monoisotopic (exact) mass is 1350 g/mol. The summed E-state index contributed by atoms with van der Waals surface area (Å²) in [5.74, 6) is -44.5. The molecule has 0 N–H and O–H groups in total. The Bertz CT molecular complexity index is 2240. The van der Waals surface area contributed by atoms with Gasteiger partial charge in [0.1, 0.15) is 0 Å². The van der Waals surface area contributed by atoms with Crippen molar-refractivity contribution in [2.24, 2.45) is 0 Å². The second-order valence-corrected chi connectivity index (χ2v) is 22.8. The fourth-order valence-electron chi connectivity index (χ4n) is 3.71. The standard InChI is InChI=1S/C20H26I.3C4HF9O3S.Fe/c1-19(2,3)15-7-11-17(12-8-15)21-18-13-9-16(10-14-18)20(4,5)6;3*5-1(6,3(9,10)11)2(7,8)4(12,13)17(14,15)16;/h7-14H,1-6H3;3*(H,14,15,16);/q+1;;;;+2/p-3. The fraction of sp³-hybridized carbons (Fsp3) is 0.625. The van der Waals surface area contributed by atoms with E-state index in [2.05, 4.69) is 90.1 Å². The summed E-state index contributed by atoms with van der Waals surface area (Å²) in [6.07, 6.45) is -21.5. The van der Waals surface area contributed by atoms with Gasteiger partial charge in [0.15, 0.2) is 37.5 Å². The van der Waals surface area contributed by atoms with Crippen molar-refractivity contribution >= 4 is 30.4 Å². The van der Waals surface area contributed by atoms with E-state index in [0.717, 1.165) is 0 Å². The summed E-state index contributed by atoms with van der Waals surface area (Å²) in [4.78, 5) is 0. The van der Waals surface area contributed by atoms with Crippen LogP contribution in [-0.2, 0) is 58.3 Å². The van der Waals surface area contributed by atoms with Crippen molar-refractivity contribution in [3.8, 4) is 0 Å². The van der Waals surface area contributed by atoms with Crippen molar-refractivity contribution in [1.82, 2.24) is 0 Å². The van der Waals surface area contributed by atoms with Gasteiger partial charge in [-0.15, -0.1) is 0 Å². The zero-order valence-corrected chi connectivity index (χ0v) is 41.2. The van der Waals surface area contributed by atoms with Gasteiger partial charge in [-0.1, -0.05) is 65.8 Å². The van der Waals surface area contributed by atoms with Crippen LogP contribution >= 0.6 is 0 Å². The van der Waals surface area contributed by atoms with E-state index in [1.54, 1.807) is 0 Å². The molecular weight excluding hydrogens is 1320 g/mol. The van der Waals surface area contributed by atoms with E-state index in [0.29, 0.717) is 0 Å². The molecule has 9 nitrogen and oxygen atoms in total. The molecule has 0 aliphatic rings. The van der Waals surface area contributed by atoms with Crippen molar-refractivity contribution in [1.29, 1.82) is 0 Å². The average Bonchev–Trinajstić information content (AvgIpc) is 3.12. The molecule has 2 aromatic rings. The van der Waals surface area contributed by atoms with Crippen LogP contribution in [0.5, 0.6) is 0 Å². The summed E-state index contributed by atoms with van der Waals surface area (Å²) in [7, 11) is -22.3. The third kappa shape index (κ3) is 15.8. The van der Waals surface area contributed by atoms with Crippen LogP contribution in [0, 0.1) is 7.14 Å². The summed E-state index contributed by atoms with van der Waals surface area (Å²) in [5.41, 5.74) is 3.31. The van der Waals surface area contributed by atoms with Crippen molar-refractivity contribution < 1.29 is 196 Å². The Morgan fingerprint density at radius 3 is 0.575 bits per heavy atom. The van der Waals surface area contributed by atoms with E-state index in [1.165, 1.54) is 18.3 Å². The van der Waals surface area contributed by atoms with E-state index in [4.69, 9.17) is 0 Å². The molecule has 0 unspecified atom stereocenters. The molecule has 0 bridgehead atoms. The molecule has 0 aromatic heterocycles. The molecule has 0 saturated heterocycles. The second-order valence-electron chi connectivity index (χ2n) is 15.5. The van der Waals surface area contributed by atoms with E-state index >= 15 is 0 Å². The Kier molecular flexibility index (Phi) is 23.0. The molecule has 0 heterocycles. The van der Waals surface area contributed by atoms with Gasteiger partial charge in [-0.2, -0.15) is 119 Å². The van der Waals surface area contributed by atoms with Gasteiger partial charge in [0.2, 0.25) is 0 Å². The molecule has 0 radical (unpaired) electrons. The molecule has 2 aromatic carbocycles. The first-order valence-electron chi connectivity index (χ1n) is 17.0. The van der Waals surface area contributed by atoms with Crippen molar-refractivity contribution in [3.63, 3.8) is 0 Å². The zero-order chi connectivity index (χ0) is 59.2. The summed E-state index contributed by atoms with van der Waals surface area (Å²) >= 11 is -0.0703. The van der Waals surface area contributed by atoms with Crippen LogP contribution in [-0.4, -0.2) is 109 Å². The minimum atomic E-state index is -7.43. The van der Waals surface area contributed by atoms with Crippen LogP contribution in [0.4, 0.5) is 119 Å². The predicted molar refractivity (Wildman–Crippen MR) is 179 cm³/mol. The molecule has 0 amide bonds. The quantitative estimate of drug-likeness (QED) is 0.0930. The molecule has 0 fully saturated rings. The summed E-state index contributed by atoms with van der Waals surface area (Å²) < 4.78 is 409. The first-order chi connectivity index (χ1) is 30.7. The predicted octanol–water partition coefficient (Wildman–Crippen LogP) is 8.28. The first kappa shape index (κ1) is 74.8. The number of halogens is 28. The number of hydrogen-bond donors (Lipinski definition) is 0. The van der Waals surface area contributed by atoms with Gasteiger partial charge in [-0.25, -0.2) is 25.3 Å². The minimum Gasteiger partial charge on any atom is -0.743 e. The Labute approximate surface area is 413 Å². The Morgan fingerprint density at radius 1 is 0.315 bits per heavy atom. The largest absolute Gasteiger partial charge is 2.00 e. The maximum atomic E-state index is 12.2. The van der Waals surface area contributed by atoms with Crippen LogP contribution in [0.2, 0.25) is 0 Å². The molecule has 0 aliphatic heterocycles. The van der Waals surface area contributed by atoms with Gasteiger partial charge < -0.3 is 13.7 Å². The number of rotatable bonds is 11. The van der Waals surface area contributed by atoms with E-state index in [1.807, 2.05) is 0 Å². The van der Waals surface area contributed by atoms with Gasteiger partial charge >= 0.3 is 108 Å². The van der Waals surface area contributed by atoms with Gasteiger partial charge in [-0.05, 0) is 46.2 Å². The topological polar surface area (TPSA) is 172 Å². The Balaban J connectivity index is -0.000000896. The van der Waals surface area contributed by atoms with Gasteiger partial charge in [0.25, 0.3) is 0 Å². The van der Waals surface area contributed by atoms with Crippen LogP contribution in [0.15, 0.2) is 48.5 Å². The third-order valence-electron chi connectivity index (χ3n) is 7.93. The molecule has 0 aliphatic carbocycles. The average molecular weight is 1350 g/mol. The number of hydrogen-bond acceptors (Lipinski definition) is 9. The van der Waals surface area contributed by atoms with Crippen LogP contribution in [0.3, 0.4) is 0 Å². The minimum absolute atomic E-state index is 0. The third-order valence-corrected chi connectivity index (χ3v) is 13.3. The van der Waals surface area contributed by atoms with E-state index < -0.39 is 100 Å². The van der Waals surface area contributed by atoms with Gasteiger partial charge in [-0.3, -0.25) is 0 Å². The van der Waals surface area contributed by atoms with Crippen LogP contribution < -0.4 is 21.2 Å². The number of benzene rings is 2. The van der Waals surface area contributed by atoms with Gasteiger partial charge in [0.05, 0.1) is 0 Å². The second kappa shape index (κ2) is 22.5. The molecule has 73 heavy (non-hydrogen) atoms. The van der Waals surface area contributed by atoms with Crippen LogP contribution in [0.25, 0.3) is 0 Å². The Hall–Kier alpha value is -2.47. The maximum Gasteiger partial charge on any atom is 2.00 e. The molecular formula is C32H26F27FeIO9S3.